The fourth-order valence-corrected chi connectivity index (χ4v) is 3.21. The van der Waals surface area contributed by atoms with Crippen LogP contribution in [0.3, 0.4) is 0 Å². The number of nitrogens with one attached hydrogen (secondary N) is 1. The zero-order valence-corrected chi connectivity index (χ0v) is 19.1. The second-order valence-corrected chi connectivity index (χ2v) is 7.47. The SMILES string of the molecule is CCCCCCCNC(=O)N(C)c1cccc(-c2cc(OCC)c(/C=C\C(=O)O)cn2)c1. The first-order chi connectivity index (χ1) is 15.5. The number of benzene rings is 1. The van der Waals surface area contributed by atoms with E-state index in [4.69, 9.17) is 9.84 Å². The molecule has 2 rings (SSSR count). The molecule has 2 N–H and O–H groups in total. The molecule has 0 fully saturated rings. The Morgan fingerprint density at radius 3 is 2.66 bits per heavy atom. The molecule has 32 heavy (non-hydrogen) atoms. The van der Waals surface area contributed by atoms with E-state index in [0.717, 1.165) is 30.2 Å². The standard InChI is InChI=1S/C25H33N3O4/c1-4-6-7-8-9-15-26-25(31)28(3)21-12-10-11-19(16-21)22-17-23(32-5-2)20(18-27-22)13-14-24(29)30/h10-14,16-18H,4-9,15H2,1-3H3,(H,26,31)(H,29,30)/b14-13-. The molecule has 7 nitrogen and oxygen atoms in total. The molecule has 7 heteroatoms. The molecule has 0 radical (unpaired) electrons. The van der Waals surface area contributed by atoms with E-state index in [-0.39, 0.29) is 6.03 Å². The Morgan fingerprint density at radius 1 is 1.16 bits per heavy atom. The van der Waals surface area contributed by atoms with Crippen molar-refractivity contribution in [1.82, 2.24) is 10.3 Å². The van der Waals surface area contributed by atoms with Crippen molar-refractivity contribution in [3.63, 3.8) is 0 Å². The van der Waals surface area contributed by atoms with Crippen LogP contribution in [0.1, 0.15) is 51.5 Å². The minimum atomic E-state index is -1.04. The number of pyridine rings is 1. The minimum absolute atomic E-state index is 0.144. The van der Waals surface area contributed by atoms with Crippen molar-refractivity contribution in [3.05, 3.63) is 48.2 Å². The van der Waals surface area contributed by atoms with E-state index < -0.39 is 5.97 Å². The van der Waals surface area contributed by atoms with Gasteiger partial charge in [-0.25, -0.2) is 9.59 Å². The Balaban J connectivity index is 2.11. The van der Waals surface area contributed by atoms with Crippen molar-refractivity contribution in [2.24, 2.45) is 0 Å². The minimum Gasteiger partial charge on any atom is -0.493 e. The number of carboxylic acids is 1. The third-order valence-electron chi connectivity index (χ3n) is 4.99. The van der Waals surface area contributed by atoms with Gasteiger partial charge in [-0.3, -0.25) is 9.88 Å². The maximum Gasteiger partial charge on any atom is 0.328 e. The fourth-order valence-electron chi connectivity index (χ4n) is 3.21. The fraction of sp³-hybridized carbons (Fsp3) is 0.400. The summed E-state index contributed by atoms with van der Waals surface area (Å²) in [5.41, 5.74) is 2.84. The average Bonchev–Trinajstić information content (AvgIpc) is 2.80. The lowest BCUT2D eigenvalue weighted by Gasteiger charge is -2.19. The maximum atomic E-state index is 12.5. The molecule has 1 aromatic carbocycles. The van der Waals surface area contributed by atoms with Gasteiger partial charge in [0.25, 0.3) is 0 Å². The van der Waals surface area contributed by atoms with Gasteiger partial charge in [0.15, 0.2) is 0 Å². The van der Waals surface area contributed by atoms with Crippen LogP contribution >= 0.6 is 0 Å². The zero-order chi connectivity index (χ0) is 23.3. The molecule has 0 saturated heterocycles. The van der Waals surface area contributed by atoms with Crippen molar-refractivity contribution in [3.8, 4) is 17.0 Å². The van der Waals surface area contributed by atoms with Gasteiger partial charge >= 0.3 is 12.0 Å². The number of rotatable bonds is 12. The molecule has 2 aromatic rings. The molecule has 0 unspecified atom stereocenters. The van der Waals surface area contributed by atoms with Gasteiger partial charge < -0.3 is 15.2 Å². The summed E-state index contributed by atoms with van der Waals surface area (Å²) in [6.07, 6.45) is 9.83. The van der Waals surface area contributed by atoms with Gasteiger partial charge in [0.1, 0.15) is 5.75 Å². The van der Waals surface area contributed by atoms with Gasteiger partial charge in [-0.2, -0.15) is 0 Å². The number of urea groups is 1. The van der Waals surface area contributed by atoms with Crippen molar-refractivity contribution < 1.29 is 19.4 Å². The Morgan fingerprint density at radius 2 is 1.94 bits per heavy atom. The second kappa shape index (κ2) is 13.1. The van der Waals surface area contributed by atoms with Crippen LogP contribution in [0, 0.1) is 0 Å². The normalized spacial score (nSPS) is 10.8. The number of hydrogen-bond acceptors (Lipinski definition) is 4. The van der Waals surface area contributed by atoms with Gasteiger partial charge in [0, 0.05) is 48.7 Å². The van der Waals surface area contributed by atoms with Gasteiger partial charge in [-0.05, 0) is 31.6 Å². The third-order valence-corrected chi connectivity index (χ3v) is 4.99. The molecular formula is C25H33N3O4. The number of unbranched alkanes of at least 4 members (excludes halogenated alkanes) is 4. The van der Waals surface area contributed by atoms with Crippen LogP contribution in [-0.2, 0) is 4.79 Å². The lowest BCUT2D eigenvalue weighted by atomic mass is 10.1. The summed E-state index contributed by atoms with van der Waals surface area (Å²) in [6.45, 7) is 5.15. The first kappa shape index (κ1) is 24.9. The summed E-state index contributed by atoms with van der Waals surface area (Å²) in [6, 6.07) is 9.19. The summed E-state index contributed by atoms with van der Waals surface area (Å²) >= 11 is 0. The molecule has 0 bridgehead atoms. The Hall–Kier alpha value is -3.35. The predicted octanol–water partition coefficient (Wildman–Crippen LogP) is 5.36. The third kappa shape index (κ3) is 7.72. The van der Waals surface area contributed by atoms with E-state index in [0.29, 0.717) is 30.2 Å². The molecule has 0 saturated carbocycles. The number of aliphatic carboxylic acids is 1. The number of nitrogens with zero attached hydrogens (tertiary/aromatic N) is 2. The van der Waals surface area contributed by atoms with Crippen LogP contribution in [0.5, 0.6) is 5.75 Å². The van der Waals surface area contributed by atoms with Crippen molar-refractivity contribution in [1.29, 1.82) is 0 Å². The molecule has 0 aliphatic carbocycles. The average molecular weight is 440 g/mol. The number of hydrogen-bond donors (Lipinski definition) is 2. The molecule has 0 spiro atoms. The van der Waals surface area contributed by atoms with Gasteiger partial charge in [0.2, 0.25) is 0 Å². The summed E-state index contributed by atoms with van der Waals surface area (Å²) < 4.78 is 5.67. The zero-order valence-electron chi connectivity index (χ0n) is 19.1. The topological polar surface area (TPSA) is 91.8 Å². The number of aromatic nitrogens is 1. The van der Waals surface area contributed by atoms with E-state index in [9.17, 15) is 9.59 Å². The van der Waals surface area contributed by atoms with Crippen molar-refractivity contribution in [2.45, 2.75) is 46.0 Å². The molecule has 0 aliphatic rings. The van der Waals surface area contributed by atoms with E-state index >= 15 is 0 Å². The molecular weight excluding hydrogens is 406 g/mol. The molecule has 0 aliphatic heterocycles. The quantitative estimate of drug-likeness (QED) is 0.343. The van der Waals surface area contributed by atoms with Crippen LogP contribution in [0.4, 0.5) is 10.5 Å². The highest BCUT2D eigenvalue weighted by molar-refractivity contribution is 5.92. The number of amides is 2. The highest BCUT2D eigenvalue weighted by Gasteiger charge is 2.12. The van der Waals surface area contributed by atoms with Crippen LogP contribution in [0.2, 0.25) is 0 Å². The first-order valence-electron chi connectivity index (χ1n) is 11.1. The monoisotopic (exact) mass is 439 g/mol. The van der Waals surface area contributed by atoms with E-state index in [2.05, 4.69) is 17.2 Å². The molecule has 1 heterocycles. The number of carboxylic acid groups (broad SMARTS) is 1. The Bertz CT molecular complexity index is 927. The van der Waals surface area contributed by atoms with Crippen LogP contribution in [-0.4, -0.2) is 42.3 Å². The van der Waals surface area contributed by atoms with E-state index in [1.165, 1.54) is 25.3 Å². The van der Waals surface area contributed by atoms with Crippen molar-refractivity contribution in [2.75, 3.05) is 25.1 Å². The first-order valence-corrected chi connectivity index (χ1v) is 11.1. The molecule has 0 atom stereocenters. The molecule has 2 amide bonds. The molecule has 1 aromatic heterocycles. The predicted molar refractivity (Wildman–Crippen MR) is 128 cm³/mol. The highest BCUT2D eigenvalue weighted by atomic mass is 16.5. The largest absolute Gasteiger partial charge is 0.493 e. The smallest absolute Gasteiger partial charge is 0.328 e. The molecule has 172 valence electrons. The maximum absolute atomic E-state index is 12.5. The van der Waals surface area contributed by atoms with Crippen LogP contribution in [0.15, 0.2) is 42.6 Å². The van der Waals surface area contributed by atoms with Crippen LogP contribution in [0.25, 0.3) is 17.3 Å². The second-order valence-electron chi connectivity index (χ2n) is 7.47. The highest BCUT2D eigenvalue weighted by Crippen LogP contribution is 2.28. The van der Waals surface area contributed by atoms with E-state index in [1.807, 2.05) is 31.2 Å². The summed E-state index contributed by atoms with van der Waals surface area (Å²) in [7, 11) is 1.74. The van der Waals surface area contributed by atoms with Gasteiger partial charge in [-0.15, -0.1) is 0 Å². The number of ether oxygens (including phenoxy) is 1. The summed E-state index contributed by atoms with van der Waals surface area (Å²) in [5, 5.41) is 11.8. The Kier molecular flexibility index (Phi) is 10.2. The lowest BCUT2D eigenvalue weighted by molar-refractivity contribution is -0.131. The number of carbonyl (C=O) groups excluding carboxylic acids is 1. The van der Waals surface area contributed by atoms with Crippen molar-refractivity contribution >= 4 is 23.8 Å². The van der Waals surface area contributed by atoms with E-state index in [1.54, 1.807) is 24.2 Å². The Labute approximate surface area is 190 Å². The van der Waals surface area contributed by atoms with Crippen LogP contribution < -0.4 is 15.0 Å². The lowest BCUT2D eigenvalue weighted by Crippen LogP contribution is -2.37. The number of carbonyl (C=O) groups is 2. The number of anilines is 1. The van der Waals surface area contributed by atoms with Gasteiger partial charge in [-0.1, -0.05) is 44.7 Å². The summed E-state index contributed by atoms with van der Waals surface area (Å²) in [4.78, 5) is 29.4. The summed E-state index contributed by atoms with van der Waals surface area (Å²) in [5.74, 6) is -0.485. The van der Waals surface area contributed by atoms with Gasteiger partial charge in [0.05, 0.1) is 12.3 Å².